The van der Waals surface area contributed by atoms with Crippen molar-refractivity contribution in [2.45, 2.75) is 6.10 Å². The lowest BCUT2D eigenvalue weighted by molar-refractivity contribution is -0.150. The Balaban J connectivity index is 2.80. The molecule has 0 heterocycles. The molecule has 1 rings (SSSR count). The number of benzene rings is 1. The third-order valence-electron chi connectivity index (χ3n) is 1.94. The van der Waals surface area contributed by atoms with Crippen molar-refractivity contribution in [2.24, 2.45) is 0 Å². The summed E-state index contributed by atoms with van der Waals surface area (Å²) in [6.45, 7) is 0. The van der Waals surface area contributed by atoms with Crippen LogP contribution >= 0.6 is 0 Å². The SMILES string of the molecule is O=C(O)C(O)C(=O)C=Cc1ccc(O)c(O)c1. The van der Waals surface area contributed by atoms with Gasteiger partial charge in [0.2, 0.25) is 6.10 Å². The number of hydrogen-bond acceptors (Lipinski definition) is 5. The first kappa shape index (κ1) is 12.7. The van der Waals surface area contributed by atoms with Gasteiger partial charge in [-0.1, -0.05) is 12.1 Å². The zero-order valence-corrected chi connectivity index (χ0v) is 8.57. The molecule has 0 bridgehead atoms. The van der Waals surface area contributed by atoms with E-state index in [0.29, 0.717) is 5.56 Å². The lowest BCUT2D eigenvalue weighted by atomic mass is 10.1. The summed E-state index contributed by atoms with van der Waals surface area (Å²) >= 11 is 0. The van der Waals surface area contributed by atoms with Crippen LogP contribution in [-0.2, 0) is 9.59 Å². The summed E-state index contributed by atoms with van der Waals surface area (Å²) in [6.07, 6.45) is -0.00454. The molecule has 0 aliphatic rings. The van der Waals surface area contributed by atoms with Gasteiger partial charge in [0.15, 0.2) is 17.3 Å². The highest BCUT2D eigenvalue weighted by Crippen LogP contribution is 2.25. The highest BCUT2D eigenvalue weighted by molar-refractivity contribution is 6.08. The summed E-state index contributed by atoms with van der Waals surface area (Å²) in [6, 6.07) is 3.81. The zero-order chi connectivity index (χ0) is 13.0. The first-order valence-corrected chi connectivity index (χ1v) is 4.56. The molecule has 17 heavy (non-hydrogen) atoms. The standard InChI is InChI=1S/C11H10O6/c12-7-3-1-6(5-9(7)14)2-4-8(13)10(15)11(16)17/h1-5,10,12,14-15H,(H,16,17). The van der Waals surface area contributed by atoms with E-state index < -0.39 is 17.9 Å². The van der Waals surface area contributed by atoms with Gasteiger partial charge < -0.3 is 20.4 Å². The molecule has 0 aromatic heterocycles. The molecule has 0 radical (unpaired) electrons. The van der Waals surface area contributed by atoms with Gasteiger partial charge in [-0.3, -0.25) is 4.79 Å². The van der Waals surface area contributed by atoms with Crippen molar-refractivity contribution in [1.82, 2.24) is 0 Å². The summed E-state index contributed by atoms with van der Waals surface area (Å²) in [5.74, 6) is -3.28. The van der Waals surface area contributed by atoms with Crippen LogP contribution in [0.4, 0.5) is 0 Å². The average molecular weight is 238 g/mol. The monoisotopic (exact) mass is 238 g/mol. The average Bonchev–Trinajstić information content (AvgIpc) is 2.29. The largest absolute Gasteiger partial charge is 0.504 e. The van der Waals surface area contributed by atoms with Crippen molar-refractivity contribution >= 4 is 17.8 Å². The molecule has 0 amide bonds. The van der Waals surface area contributed by atoms with Gasteiger partial charge in [-0.25, -0.2) is 4.79 Å². The first-order valence-electron chi connectivity index (χ1n) is 4.56. The third kappa shape index (κ3) is 3.32. The topological polar surface area (TPSA) is 115 Å². The Bertz CT molecular complexity index is 477. The molecular weight excluding hydrogens is 228 g/mol. The summed E-state index contributed by atoms with van der Waals surface area (Å²) in [7, 11) is 0. The number of carbonyl (C=O) groups is 2. The number of carboxylic acids is 1. The number of rotatable bonds is 4. The van der Waals surface area contributed by atoms with E-state index in [4.69, 9.17) is 20.4 Å². The van der Waals surface area contributed by atoms with Crippen LogP contribution in [0.25, 0.3) is 6.08 Å². The number of carboxylic acid groups (broad SMARTS) is 1. The Hall–Kier alpha value is -2.34. The van der Waals surface area contributed by atoms with Crippen molar-refractivity contribution in [2.75, 3.05) is 0 Å². The van der Waals surface area contributed by atoms with Gasteiger partial charge in [0.1, 0.15) is 0 Å². The maximum Gasteiger partial charge on any atom is 0.340 e. The van der Waals surface area contributed by atoms with E-state index in [2.05, 4.69) is 0 Å². The van der Waals surface area contributed by atoms with E-state index in [1.54, 1.807) is 0 Å². The van der Waals surface area contributed by atoms with Crippen LogP contribution < -0.4 is 0 Å². The molecule has 4 N–H and O–H groups in total. The first-order chi connectivity index (χ1) is 7.91. The number of phenolic OH excluding ortho intramolecular Hbond substituents is 2. The minimum atomic E-state index is -2.10. The molecule has 0 aliphatic heterocycles. The number of aliphatic hydroxyl groups excluding tert-OH is 1. The van der Waals surface area contributed by atoms with Crippen LogP contribution in [-0.4, -0.2) is 38.3 Å². The molecular formula is C11H10O6. The number of hydrogen-bond donors (Lipinski definition) is 4. The van der Waals surface area contributed by atoms with Crippen molar-refractivity contribution in [3.63, 3.8) is 0 Å². The van der Waals surface area contributed by atoms with Crippen molar-refractivity contribution < 1.29 is 30.0 Å². The molecule has 90 valence electrons. The smallest absolute Gasteiger partial charge is 0.340 e. The molecule has 0 fully saturated rings. The Morgan fingerprint density at radius 2 is 1.82 bits per heavy atom. The number of aliphatic carboxylic acids is 1. The molecule has 0 saturated carbocycles. The zero-order valence-electron chi connectivity index (χ0n) is 8.57. The summed E-state index contributed by atoms with van der Waals surface area (Å²) in [5, 5.41) is 35.4. The van der Waals surface area contributed by atoms with Gasteiger partial charge in [-0.05, 0) is 23.8 Å². The molecule has 1 aromatic carbocycles. The minimum Gasteiger partial charge on any atom is -0.504 e. The normalized spacial score (nSPS) is 12.5. The Labute approximate surface area is 96.1 Å². The predicted molar refractivity (Wildman–Crippen MR) is 57.5 cm³/mol. The molecule has 1 atom stereocenters. The highest BCUT2D eigenvalue weighted by Gasteiger charge is 2.19. The van der Waals surface area contributed by atoms with Crippen molar-refractivity contribution in [3.8, 4) is 11.5 Å². The van der Waals surface area contributed by atoms with Gasteiger partial charge in [0, 0.05) is 0 Å². The lowest BCUT2D eigenvalue weighted by Gasteiger charge is -2.00. The maximum atomic E-state index is 11.1. The molecule has 6 heteroatoms. The van der Waals surface area contributed by atoms with Gasteiger partial charge in [-0.15, -0.1) is 0 Å². The van der Waals surface area contributed by atoms with Crippen molar-refractivity contribution in [3.05, 3.63) is 29.8 Å². The molecule has 0 saturated heterocycles. The summed E-state index contributed by atoms with van der Waals surface area (Å²) < 4.78 is 0. The second-order valence-corrected chi connectivity index (χ2v) is 3.22. The number of ketones is 1. The number of aliphatic hydroxyl groups is 1. The minimum absolute atomic E-state index is 0.306. The van der Waals surface area contributed by atoms with Crippen LogP contribution in [0.3, 0.4) is 0 Å². The van der Waals surface area contributed by atoms with E-state index in [1.165, 1.54) is 24.3 Å². The predicted octanol–water partition coefficient (Wildman–Crippen LogP) is 0.126. The summed E-state index contributed by atoms with van der Waals surface area (Å²) in [5.41, 5.74) is 0.381. The van der Waals surface area contributed by atoms with Gasteiger partial charge >= 0.3 is 5.97 Å². The van der Waals surface area contributed by atoms with Crippen LogP contribution in [0.15, 0.2) is 24.3 Å². The second kappa shape index (κ2) is 5.13. The van der Waals surface area contributed by atoms with Crippen LogP contribution in [0.1, 0.15) is 5.56 Å². The summed E-state index contributed by atoms with van der Waals surface area (Å²) in [4.78, 5) is 21.4. The van der Waals surface area contributed by atoms with E-state index >= 15 is 0 Å². The number of aromatic hydroxyl groups is 2. The van der Waals surface area contributed by atoms with Gasteiger partial charge in [0.05, 0.1) is 0 Å². The molecule has 0 aliphatic carbocycles. The van der Waals surface area contributed by atoms with Crippen molar-refractivity contribution in [1.29, 1.82) is 0 Å². The van der Waals surface area contributed by atoms with Crippen LogP contribution in [0.2, 0.25) is 0 Å². The highest BCUT2D eigenvalue weighted by atomic mass is 16.4. The lowest BCUT2D eigenvalue weighted by Crippen LogP contribution is -2.27. The Kier molecular flexibility index (Phi) is 3.84. The Morgan fingerprint density at radius 3 is 2.35 bits per heavy atom. The van der Waals surface area contributed by atoms with Gasteiger partial charge in [0.25, 0.3) is 0 Å². The molecule has 6 nitrogen and oxygen atoms in total. The fraction of sp³-hybridized carbons (Fsp3) is 0.0909. The van der Waals surface area contributed by atoms with Gasteiger partial charge in [-0.2, -0.15) is 0 Å². The second-order valence-electron chi connectivity index (χ2n) is 3.22. The molecule has 0 spiro atoms. The van der Waals surface area contributed by atoms with E-state index in [0.717, 1.165) is 6.08 Å². The Morgan fingerprint density at radius 1 is 1.18 bits per heavy atom. The fourth-order valence-corrected chi connectivity index (χ4v) is 1.04. The van der Waals surface area contributed by atoms with Crippen LogP contribution in [0, 0.1) is 0 Å². The van der Waals surface area contributed by atoms with E-state index in [-0.39, 0.29) is 11.5 Å². The third-order valence-corrected chi connectivity index (χ3v) is 1.94. The fourth-order valence-electron chi connectivity index (χ4n) is 1.04. The number of carbonyl (C=O) groups excluding carboxylic acids is 1. The molecule has 1 aromatic rings. The maximum absolute atomic E-state index is 11.1. The number of phenols is 2. The quantitative estimate of drug-likeness (QED) is 0.336. The molecule has 1 unspecified atom stereocenters. The van der Waals surface area contributed by atoms with E-state index in [1.807, 2.05) is 0 Å². The van der Waals surface area contributed by atoms with Crippen LogP contribution in [0.5, 0.6) is 11.5 Å². The van der Waals surface area contributed by atoms with E-state index in [9.17, 15) is 9.59 Å².